The van der Waals surface area contributed by atoms with Crippen molar-refractivity contribution in [1.82, 2.24) is 9.97 Å². The molecular formula is C21H19N5O4. The second-order valence-corrected chi connectivity index (χ2v) is 6.74. The number of nitro groups is 1. The summed E-state index contributed by atoms with van der Waals surface area (Å²) in [4.78, 5) is 20.7. The molecule has 3 aromatic rings. The Labute approximate surface area is 172 Å². The number of allylic oxidation sites excluding steroid dienone is 1. The van der Waals surface area contributed by atoms with E-state index in [9.17, 15) is 15.4 Å². The Bertz CT molecular complexity index is 1170. The zero-order chi connectivity index (χ0) is 21.1. The molecule has 0 amide bonds. The quantitative estimate of drug-likeness (QED) is 0.393. The lowest BCUT2D eigenvalue weighted by atomic mass is 10.1. The Hall–Kier alpha value is -3.90. The maximum absolute atomic E-state index is 11.7. The number of aromatic nitrogens is 2. The van der Waals surface area contributed by atoms with Crippen molar-refractivity contribution in [2.24, 2.45) is 0 Å². The summed E-state index contributed by atoms with van der Waals surface area (Å²) in [6.07, 6.45) is 1.59. The molecule has 9 heteroatoms. The smallest absolute Gasteiger partial charge is 0.293 e. The lowest BCUT2D eigenvalue weighted by Gasteiger charge is -2.28. The van der Waals surface area contributed by atoms with Gasteiger partial charge in [-0.25, -0.2) is 4.98 Å². The first-order valence-electron chi connectivity index (χ1n) is 9.36. The number of nitrogens with zero attached hydrogens (tertiary/aromatic N) is 4. The number of anilines is 1. The third-order valence-electron chi connectivity index (χ3n) is 4.92. The molecule has 30 heavy (non-hydrogen) atoms. The van der Waals surface area contributed by atoms with Crippen LogP contribution in [0.4, 0.5) is 11.4 Å². The fraction of sp³-hybridized carbons (Fsp3) is 0.238. The Morgan fingerprint density at radius 2 is 2.13 bits per heavy atom. The summed E-state index contributed by atoms with van der Waals surface area (Å²) in [5, 5.41) is 21.3. The van der Waals surface area contributed by atoms with Crippen LogP contribution >= 0.6 is 0 Å². The number of aromatic amines is 1. The summed E-state index contributed by atoms with van der Waals surface area (Å²) in [5.41, 5.74) is 2.80. The zero-order valence-electron chi connectivity index (χ0n) is 16.3. The molecular weight excluding hydrogens is 386 g/mol. The van der Waals surface area contributed by atoms with Gasteiger partial charge in [0, 0.05) is 25.2 Å². The SMILES string of the molecule is COc1ccc2nc(C(C#N)=Cc3ccc(N4CCOCC4)c([N+](=O)[O-])c3)[nH]c2c1. The molecule has 1 aliphatic rings. The Morgan fingerprint density at radius 3 is 2.83 bits per heavy atom. The van der Waals surface area contributed by atoms with Gasteiger partial charge >= 0.3 is 0 Å². The van der Waals surface area contributed by atoms with Crippen molar-refractivity contribution < 1.29 is 14.4 Å². The van der Waals surface area contributed by atoms with E-state index in [1.54, 1.807) is 43.5 Å². The van der Waals surface area contributed by atoms with E-state index >= 15 is 0 Å². The number of morpholine rings is 1. The highest BCUT2D eigenvalue weighted by Gasteiger charge is 2.22. The van der Waals surface area contributed by atoms with Gasteiger partial charge in [0.2, 0.25) is 0 Å². The summed E-state index contributed by atoms with van der Waals surface area (Å²) < 4.78 is 10.5. The van der Waals surface area contributed by atoms with Crippen molar-refractivity contribution in [1.29, 1.82) is 5.26 Å². The lowest BCUT2D eigenvalue weighted by molar-refractivity contribution is -0.384. The molecule has 0 radical (unpaired) electrons. The van der Waals surface area contributed by atoms with Crippen LogP contribution in [0.15, 0.2) is 36.4 Å². The van der Waals surface area contributed by atoms with Crippen LogP contribution < -0.4 is 9.64 Å². The monoisotopic (exact) mass is 405 g/mol. The Kier molecular flexibility index (Phi) is 5.32. The van der Waals surface area contributed by atoms with Crippen LogP contribution in [0.25, 0.3) is 22.7 Å². The largest absolute Gasteiger partial charge is 0.497 e. The standard InChI is InChI=1S/C21H19N5O4/c1-29-16-3-4-17-18(12-16)24-21(23-17)15(13-22)10-14-2-5-19(20(11-14)26(27)28)25-6-8-30-9-7-25/h2-5,10-12H,6-9H2,1H3,(H,23,24). The lowest BCUT2D eigenvalue weighted by Crippen LogP contribution is -2.36. The van der Waals surface area contributed by atoms with Gasteiger partial charge in [0.05, 0.1) is 41.9 Å². The van der Waals surface area contributed by atoms with Gasteiger partial charge in [-0.3, -0.25) is 10.1 Å². The van der Waals surface area contributed by atoms with E-state index in [-0.39, 0.29) is 11.3 Å². The second kappa shape index (κ2) is 8.23. The van der Waals surface area contributed by atoms with Crippen LogP contribution in [0, 0.1) is 21.4 Å². The minimum atomic E-state index is -0.401. The van der Waals surface area contributed by atoms with Gasteiger partial charge in [0.1, 0.15) is 23.3 Å². The fourth-order valence-corrected chi connectivity index (χ4v) is 3.41. The van der Waals surface area contributed by atoms with E-state index in [1.807, 2.05) is 4.90 Å². The molecule has 0 atom stereocenters. The van der Waals surface area contributed by atoms with Gasteiger partial charge in [-0.05, 0) is 29.8 Å². The third-order valence-corrected chi connectivity index (χ3v) is 4.92. The zero-order valence-corrected chi connectivity index (χ0v) is 16.3. The third kappa shape index (κ3) is 3.81. The molecule has 0 spiro atoms. The van der Waals surface area contributed by atoms with Gasteiger partial charge in [0.25, 0.3) is 5.69 Å². The molecule has 1 fully saturated rings. The Morgan fingerprint density at radius 1 is 1.33 bits per heavy atom. The molecule has 4 rings (SSSR count). The second-order valence-electron chi connectivity index (χ2n) is 6.74. The van der Waals surface area contributed by atoms with Gasteiger partial charge in [0.15, 0.2) is 0 Å². The van der Waals surface area contributed by atoms with Gasteiger partial charge < -0.3 is 19.4 Å². The maximum atomic E-state index is 11.7. The molecule has 1 saturated heterocycles. The average Bonchev–Trinajstić information content (AvgIpc) is 3.20. The molecule has 9 nitrogen and oxygen atoms in total. The number of hydrogen-bond acceptors (Lipinski definition) is 7. The van der Waals surface area contributed by atoms with E-state index in [4.69, 9.17) is 9.47 Å². The van der Waals surface area contributed by atoms with Crippen molar-refractivity contribution in [3.8, 4) is 11.8 Å². The molecule has 0 bridgehead atoms. The van der Waals surface area contributed by atoms with Crippen LogP contribution in [0.3, 0.4) is 0 Å². The van der Waals surface area contributed by atoms with Crippen molar-refractivity contribution in [3.05, 3.63) is 57.9 Å². The molecule has 1 aromatic heterocycles. The highest BCUT2D eigenvalue weighted by Crippen LogP contribution is 2.31. The van der Waals surface area contributed by atoms with E-state index in [0.717, 1.165) is 5.52 Å². The number of nitrogens with one attached hydrogen (secondary N) is 1. The molecule has 152 valence electrons. The number of benzene rings is 2. The van der Waals surface area contributed by atoms with Crippen molar-refractivity contribution in [3.63, 3.8) is 0 Å². The van der Waals surface area contributed by atoms with E-state index in [1.165, 1.54) is 6.07 Å². The van der Waals surface area contributed by atoms with Crippen molar-refractivity contribution in [2.75, 3.05) is 38.3 Å². The highest BCUT2D eigenvalue weighted by molar-refractivity contribution is 5.91. The van der Waals surface area contributed by atoms with E-state index < -0.39 is 4.92 Å². The molecule has 0 unspecified atom stereocenters. The predicted molar refractivity (Wildman–Crippen MR) is 112 cm³/mol. The number of H-pyrrole nitrogens is 1. The summed E-state index contributed by atoms with van der Waals surface area (Å²) >= 11 is 0. The molecule has 2 aromatic carbocycles. The number of nitro benzene ring substituents is 1. The van der Waals surface area contributed by atoms with Gasteiger partial charge in [-0.2, -0.15) is 5.26 Å². The maximum Gasteiger partial charge on any atom is 0.293 e. The Balaban J connectivity index is 1.71. The molecule has 0 saturated carbocycles. The molecule has 2 heterocycles. The summed E-state index contributed by atoms with van der Waals surface area (Å²) in [6.45, 7) is 2.27. The van der Waals surface area contributed by atoms with Crippen LogP contribution in [0.1, 0.15) is 11.4 Å². The molecule has 0 aliphatic carbocycles. The normalized spacial score (nSPS) is 14.5. The number of nitriles is 1. The number of fused-ring (bicyclic) bond motifs is 1. The topological polar surface area (TPSA) is 117 Å². The summed E-state index contributed by atoms with van der Waals surface area (Å²) in [5.74, 6) is 1.06. The first-order chi connectivity index (χ1) is 14.6. The first kappa shape index (κ1) is 19.4. The number of hydrogen-bond donors (Lipinski definition) is 1. The van der Waals surface area contributed by atoms with E-state index in [0.29, 0.717) is 54.6 Å². The fourth-order valence-electron chi connectivity index (χ4n) is 3.41. The number of imidazole rings is 1. The van der Waals surface area contributed by atoms with Crippen molar-refractivity contribution >= 4 is 34.1 Å². The predicted octanol–water partition coefficient (Wildman–Crippen LogP) is 3.38. The van der Waals surface area contributed by atoms with Crippen LogP contribution in [0.2, 0.25) is 0 Å². The van der Waals surface area contributed by atoms with Crippen LogP contribution in [0.5, 0.6) is 5.75 Å². The number of ether oxygens (including phenoxy) is 2. The number of methoxy groups -OCH3 is 1. The average molecular weight is 405 g/mol. The van der Waals surface area contributed by atoms with Crippen LogP contribution in [-0.2, 0) is 4.74 Å². The minimum absolute atomic E-state index is 0.00252. The summed E-state index contributed by atoms with van der Waals surface area (Å²) in [7, 11) is 1.58. The molecule has 1 N–H and O–H groups in total. The van der Waals surface area contributed by atoms with Crippen LogP contribution in [-0.4, -0.2) is 48.3 Å². The van der Waals surface area contributed by atoms with E-state index in [2.05, 4.69) is 16.0 Å². The van der Waals surface area contributed by atoms with Crippen molar-refractivity contribution in [2.45, 2.75) is 0 Å². The highest BCUT2D eigenvalue weighted by atomic mass is 16.6. The van der Waals surface area contributed by atoms with Gasteiger partial charge in [-0.15, -0.1) is 0 Å². The first-order valence-corrected chi connectivity index (χ1v) is 9.36. The number of rotatable bonds is 5. The van der Waals surface area contributed by atoms with Gasteiger partial charge in [-0.1, -0.05) is 6.07 Å². The molecule has 1 aliphatic heterocycles. The summed E-state index contributed by atoms with van der Waals surface area (Å²) in [6, 6.07) is 12.5. The minimum Gasteiger partial charge on any atom is -0.497 e.